The van der Waals surface area contributed by atoms with Crippen LogP contribution in [0.1, 0.15) is 16.7 Å². The third kappa shape index (κ3) is 5.12. The van der Waals surface area contributed by atoms with Crippen LogP contribution < -0.4 is 15.2 Å². The average Bonchev–Trinajstić information content (AvgIpc) is 2.43. The van der Waals surface area contributed by atoms with E-state index in [0.29, 0.717) is 19.8 Å². The zero-order valence-corrected chi connectivity index (χ0v) is 12.8. The number of benzene rings is 2. The normalized spacial score (nSPS) is 10.4. The molecule has 21 heavy (non-hydrogen) atoms. The molecular formula is C18H23NO2. The maximum Gasteiger partial charge on any atom is 0.122 e. The molecule has 0 fully saturated rings. The van der Waals surface area contributed by atoms with E-state index >= 15 is 0 Å². The highest BCUT2D eigenvalue weighted by molar-refractivity contribution is 5.33. The molecule has 2 N–H and O–H groups in total. The van der Waals surface area contributed by atoms with Crippen molar-refractivity contribution >= 4 is 0 Å². The summed E-state index contributed by atoms with van der Waals surface area (Å²) < 4.78 is 11.4. The zero-order valence-electron chi connectivity index (χ0n) is 12.8. The zero-order chi connectivity index (χ0) is 15.1. The molecule has 0 atom stereocenters. The third-order valence-electron chi connectivity index (χ3n) is 3.15. The number of hydrogen-bond acceptors (Lipinski definition) is 3. The lowest BCUT2D eigenvalue weighted by Crippen LogP contribution is -2.09. The minimum atomic E-state index is 0.527. The van der Waals surface area contributed by atoms with Gasteiger partial charge in [0.05, 0.1) is 0 Å². The van der Waals surface area contributed by atoms with Crippen molar-refractivity contribution in [2.45, 2.75) is 20.3 Å². The van der Waals surface area contributed by atoms with E-state index in [1.54, 1.807) is 0 Å². The van der Waals surface area contributed by atoms with Crippen LogP contribution in [0.2, 0.25) is 0 Å². The van der Waals surface area contributed by atoms with E-state index in [-0.39, 0.29) is 0 Å². The maximum absolute atomic E-state index is 5.72. The van der Waals surface area contributed by atoms with Crippen molar-refractivity contribution < 1.29 is 9.47 Å². The Bertz CT molecular complexity index is 561. The second-order valence-corrected chi connectivity index (χ2v) is 5.21. The standard InChI is InChI=1S/C18H23NO2/c1-14-10-15(2)12-18(11-14)21-9-8-20-17-5-3-4-16(13-17)6-7-19/h3-5,10-13H,6-9,19H2,1-2H3. The lowest BCUT2D eigenvalue weighted by Gasteiger charge is -2.10. The Morgan fingerprint density at radius 1 is 0.857 bits per heavy atom. The van der Waals surface area contributed by atoms with Crippen LogP contribution in [0.5, 0.6) is 11.5 Å². The molecule has 0 saturated carbocycles. The van der Waals surface area contributed by atoms with Gasteiger partial charge in [-0.2, -0.15) is 0 Å². The molecule has 0 aliphatic rings. The van der Waals surface area contributed by atoms with Gasteiger partial charge in [0.1, 0.15) is 24.7 Å². The van der Waals surface area contributed by atoms with Gasteiger partial charge in [0.15, 0.2) is 0 Å². The van der Waals surface area contributed by atoms with Gasteiger partial charge in [0.25, 0.3) is 0 Å². The summed E-state index contributed by atoms with van der Waals surface area (Å²) >= 11 is 0. The fourth-order valence-corrected chi connectivity index (χ4v) is 2.29. The molecule has 0 heterocycles. The van der Waals surface area contributed by atoms with Crippen molar-refractivity contribution in [3.63, 3.8) is 0 Å². The Balaban J connectivity index is 1.80. The predicted molar refractivity (Wildman–Crippen MR) is 86.1 cm³/mol. The summed E-state index contributed by atoms with van der Waals surface area (Å²) in [6.07, 6.45) is 0.871. The van der Waals surface area contributed by atoms with Crippen LogP contribution in [0.3, 0.4) is 0 Å². The summed E-state index contributed by atoms with van der Waals surface area (Å²) in [5, 5.41) is 0. The van der Waals surface area contributed by atoms with Crippen LogP contribution in [-0.2, 0) is 6.42 Å². The van der Waals surface area contributed by atoms with Gasteiger partial charge in [-0.1, -0.05) is 18.2 Å². The fourth-order valence-electron chi connectivity index (χ4n) is 2.29. The molecule has 0 aromatic heterocycles. The summed E-state index contributed by atoms with van der Waals surface area (Å²) in [7, 11) is 0. The molecule has 3 nitrogen and oxygen atoms in total. The topological polar surface area (TPSA) is 44.5 Å². The monoisotopic (exact) mass is 285 g/mol. The minimum absolute atomic E-state index is 0.527. The van der Waals surface area contributed by atoms with Gasteiger partial charge in [0.2, 0.25) is 0 Å². The summed E-state index contributed by atoms with van der Waals surface area (Å²) in [4.78, 5) is 0. The average molecular weight is 285 g/mol. The molecule has 0 bridgehead atoms. The maximum atomic E-state index is 5.72. The van der Waals surface area contributed by atoms with Crippen molar-refractivity contribution in [3.05, 3.63) is 59.2 Å². The highest BCUT2D eigenvalue weighted by Crippen LogP contribution is 2.17. The van der Waals surface area contributed by atoms with Gasteiger partial charge < -0.3 is 15.2 Å². The molecule has 0 spiro atoms. The lowest BCUT2D eigenvalue weighted by atomic mass is 10.1. The molecule has 0 amide bonds. The van der Waals surface area contributed by atoms with Crippen LogP contribution in [0.15, 0.2) is 42.5 Å². The molecular weight excluding hydrogens is 262 g/mol. The Hall–Kier alpha value is -2.00. The molecule has 0 radical (unpaired) electrons. The van der Waals surface area contributed by atoms with Gasteiger partial charge in [-0.3, -0.25) is 0 Å². The van der Waals surface area contributed by atoms with Crippen LogP contribution in [0, 0.1) is 13.8 Å². The second-order valence-electron chi connectivity index (χ2n) is 5.21. The van der Waals surface area contributed by atoms with E-state index in [0.717, 1.165) is 17.9 Å². The number of rotatable bonds is 7. The molecule has 112 valence electrons. The van der Waals surface area contributed by atoms with Crippen LogP contribution in [0.25, 0.3) is 0 Å². The highest BCUT2D eigenvalue weighted by Gasteiger charge is 1.99. The SMILES string of the molecule is Cc1cc(C)cc(OCCOc2cccc(CCN)c2)c1. The van der Waals surface area contributed by atoms with Gasteiger partial charge >= 0.3 is 0 Å². The Kier molecular flexibility index (Phi) is 5.64. The third-order valence-corrected chi connectivity index (χ3v) is 3.15. The molecule has 2 aromatic rings. The van der Waals surface area contributed by atoms with Crippen LogP contribution in [0.4, 0.5) is 0 Å². The Morgan fingerprint density at radius 2 is 1.52 bits per heavy atom. The summed E-state index contributed by atoms with van der Waals surface area (Å²) in [5.74, 6) is 1.76. The van der Waals surface area contributed by atoms with E-state index < -0.39 is 0 Å². The first-order valence-corrected chi connectivity index (χ1v) is 7.30. The lowest BCUT2D eigenvalue weighted by molar-refractivity contribution is 0.217. The second kappa shape index (κ2) is 7.70. The molecule has 0 saturated heterocycles. The van der Waals surface area contributed by atoms with Gasteiger partial charge in [-0.15, -0.1) is 0 Å². The molecule has 2 aromatic carbocycles. The molecule has 0 aliphatic carbocycles. The Labute approximate surface area is 126 Å². The van der Waals surface area contributed by atoms with E-state index in [4.69, 9.17) is 15.2 Å². The van der Waals surface area contributed by atoms with Crippen molar-refractivity contribution in [2.24, 2.45) is 5.73 Å². The summed E-state index contributed by atoms with van der Waals surface area (Å²) in [6, 6.07) is 14.2. The number of nitrogens with two attached hydrogens (primary N) is 1. The van der Waals surface area contributed by atoms with E-state index in [1.165, 1.54) is 16.7 Å². The van der Waals surface area contributed by atoms with Crippen LogP contribution in [-0.4, -0.2) is 19.8 Å². The first-order chi connectivity index (χ1) is 10.2. The number of hydrogen-bond donors (Lipinski definition) is 1. The smallest absolute Gasteiger partial charge is 0.122 e. The summed E-state index contributed by atoms with van der Waals surface area (Å²) in [5.41, 5.74) is 9.18. The van der Waals surface area contributed by atoms with Crippen molar-refractivity contribution in [2.75, 3.05) is 19.8 Å². The molecule has 0 aliphatic heterocycles. The fraction of sp³-hybridized carbons (Fsp3) is 0.333. The predicted octanol–water partition coefficient (Wildman–Crippen LogP) is 3.26. The van der Waals surface area contributed by atoms with E-state index in [1.807, 2.05) is 30.3 Å². The van der Waals surface area contributed by atoms with Crippen molar-refractivity contribution in [3.8, 4) is 11.5 Å². The number of aryl methyl sites for hydroxylation is 2. The first-order valence-electron chi connectivity index (χ1n) is 7.30. The van der Waals surface area contributed by atoms with Crippen LogP contribution >= 0.6 is 0 Å². The van der Waals surface area contributed by atoms with E-state index in [9.17, 15) is 0 Å². The largest absolute Gasteiger partial charge is 0.490 e. The summed E-state index contributed by atoms with van der Waals surface area (Å²) in [6.45, 7) is 5.85. The van der Waals surface area contributed by atoms with Crippen molar-refractivity contribution in [1.29, 1.82) is 0 Å². The molecule has 2 rings (SSSR count). The first kappa shape index (κ1) is 15.4. The Morgan fingerprint density at radius 3 is 2.19 bits per heavy atom. The van der Waals surface area contributed by atoms with Gasteiger partial charge in [-0.25, -0.2) is 0 Å². The van der Waals surface area contributed by atoms with E-state index in [2.05, 4.69) is 26.0 Å². The molecule has 0 unspecified atom stereocenters. The highest BCUT2D eigenvalue weighted by atomic mass is 16.5. The quantitative estimate of drug-likeness (QED) is 0.794. The van der Waals surface area contributed by atoms with Gasteiger partial charge in [-0.05, 0) is 67.8 Å². The van der Waals surface area contributed by atoms with Gasteiger partial charge in [0, 0.05) is 0 Å². The molecule has 3 heteroatoms. The van der Waals surface area contributed by atoms with Crippen molar-refractivity contribution in [1.82, 2.24) is 0 Å². The number of ether oxygens (including phenoxy) is 2. The minimum Gasteiger partial charge on any atom is -0.490 e.